The second-order valence-corrected chi connectivity index (χ2v) is 8.82. The van der Waals surface area contributed by atoms with Crippen molar-refractivity contribution in [3.05, 3.63) is 82.7 Å². The van der Waals surface area contributed by atoms with Crippen LogP contribution >= 0.6 is 0 Å². The highest BCUT2D eigenvalue weighted by atomic mass is 19.2. The van der Waals surface area contributed by atoms with Crippen LogP contribution in [0.25, 0.3) is 11.8 Å². The fraction of sp³-hybridized carbons (Fsp3) is 0.308. The molecule has 0 saturated carbocycles. The van der Waals surface area contributed by atoms with Crippen molar-refractivity contribution in [1.29, 1.82) is 0 Å². The van der Waals surface area contributed by atoms with Crippen LogP contribution in [0.2, 0.25) is 0 Å². The molecule has 0 radical (unpaired) electrons. The summed E-state index contributed by atoms with van der Waals surface area (Å²) in [5, 5.41) is 0. The summed E-state index contributed by atoms with van der Waals surface area (Å²) in [4.78, 5) is 19.4. The molecule has 0 unspecified atom stereocenters. The van der Waals surface area contributed by atoms with Crippen LogP contribution in [0, 0.1) is 24.4 Å². The molecule has 3 heterocycles. The van der Waals surface area contributed by atoms with Gasteiger partial charge in [0.2, 0.25) is 0 Å². The smallest absolute Gasteiger partial charge is 0.250 e. The van der Waals surface area contributed by atoms with E-state index >= 15 is 0 Å². The summed E-state index contributed by atoms with van der Waals surface area (Å²) in [5.74, 6) is -3.48. The minimum absolute atomic E-state index is 0.00668. The molecule has 1 aromatic heterocycles. The van der Waals surface area contributed by atoms with Crippen LogP contribution in [-0.4, -0.2) is 33.5 Å². The number of benzene rings is 2. The molecule has 2 fully saturated rings. The number of ether oxygens (including phenoxy) is 1. The van der Waals surface area contributed by atoms with Crippen molar-refractivity contribution in [2.45, 2.75) is 44.7 Å². The number of aryl methyl sites for hydroxylation is 1. The molecule has 2 aliphatic rings. The Balaban J connectivity index is 1.44. The third kappa shape index (κ3) is 3.87. The quantitative estimate of drug-likeness (QED) is 0.375. The van der Waals surface area contributed by atoms with Gasteiger partial charge < -0.3 is 14.2 Å². The SMILES string of the molecule is COc1cc(/C=C2\CC[C@@H]3CC[C@@H](c4cc(F)c(F)c(F)c4)N3C2=O)ccc1-n1cnc(C)c1. The monoisotopic (exact) mass is 467 g/mol. The van der Waals surface area contributed by atoms with Gasteiger partial charge in [0.1, 0.15) is 5.75 Å². The Kier molecular flexibility index (Phi) is 5.67. The van der Waals surface area contributed by atoms with Crippen LogP contribution in [0.15, 0.2) is 48.4 Å². The van der Waals surface area contributed by atoms with E-state index in [-0.39, 0.29) is 17.5 Å². The molecule has 5 nitrogen and oxygen atoms in total. The van der Waals surface area contributed by atoms with E-state index in [0.29, 0.717) is 24.2 Å². The Hall–Kier alpha value is -3.55. The number of hydrogen-bond acceptors (Lipinski definition) is 3. The Morgan fingerprint density at radius 1 is 1.09 bits per heavy atom. The number of fused-ring (bicyclic) bond motifs is 1. The fourth-order valence-corrected chi connectivity index (χ4v) is 5.05. The highest BCUT2D eigenvalue weighted by Crippen LogP contribution is 2.43. The van der Waals surface area contributed by atoms with Gasteiger partial charge in [-0.15, -0.1) is 0 Å². The van der Waals surface area contributed by atoms with Crippen LogP contribution in [-0.2, 0) is 4.79 Å². The Bertz CT molecular complexity index is 1280. The zero-order valence-electron chi connectivity index (χ0n) is 18.9. The first-order valence-electron chi connectivity index (χ1n) is 11.2. The topological polar surface area (TPSA) is 47.4 Å². The van der Waals surface area contributed by atoms with Gasteiger partial charge in [0.05, 0.1) is 30.9 Å². The highest BCUT2D eigenvalue weighted by molar-refractivity contribution is 5.99. The first kappa shape index (κ1) is 22.3. The Morgan fingerprint density at radius 2 is 1.85 bits per heavy atom. The lowest BCUT2D eigenvalue weighted by atomic mass is 9.95. The fourth-order valence-electron chi connectivity index (χ4n) is 5.05. The summed E-state index contributed by atoms with van der Waals surface area (Å²) >= 11 is 0. The molecule has 8 heteroatoms. The second kappa shape index (κ2) is 8.66. The van der Waals surface area contributed by atoms with Crippen molar-refractivity contribution >= 4 is 12.0 Å². The van der Waals surface area contributed by atoms with Crippen molar-refractivity contribution < 1.29 is 22.7 Å². The number of amides is 1. The summed E-state index contributed by atoms with van der Waals surface area (Å²) in [6.07, 6.45) is 8.16. The average Bonchev–Trinajstić information content (AvgIpc) is 3.45. The molecule has 3 aromatic rings. The van der Waals surface area contributed by atoms with Gasteiger partial charge in [-0.2, -0.15) is 0 Å². The van der Waals surface area contributed by atoms with Crippen LogP contribution in [0.1, 0.15) is 48.5 Å². The van der Waals surface area contributed by atoms with Crippen LogP contribution < -0.4 is 4.74 Å². The van der Waals surface area contributed by atoms with Gasteiger partial charge >= 0.3 is 0 Å². The number of nitrogens with zero attached hydrogens (tertiary/aromatic N) is 3. The van der Waals surface area contributed by atoms with Gasteiger partial charge in [-0.25, -0.2) is 18.2 Å². The molecule has 5 rings (SSSR count). The zero-order chi connectivity index (χ0) is 24.0. The van der Waals surface area contributed by atoms with E-state index in [4.69, 9.17) is 4.74 Å². The molecule has 0 aliphatic carbocycles. The summed E-state index contributed by atoms with van der Waals surface area (Å²) in [6, 6.07) is 7.20. The van der Waals surface area contributed by atoms with Gasteiger partial charge in [0.15, 0.2) is 17.5 Å². The number of piperidine rings is 1. The molecular formula is C26H24F3N3O2. The molecule has 2 atom stereocenters. The molecule has 0 spiro atoms. The van der Waals surface area contributed by atoms with Gasteiger partial charge in [-0.05, 0) is 74.1 Å². The van der Waals surface area contributed by atoms with E-state index in [9.17, 15) is 18.0 Å². The number of methoxy groups -OCH3 is 1. The number of imidazole rings is 1. The standard InChI is InChI=1S/C26H24F3N3O2/c1-15-13-31(14-30-15)23-7-3-16(10-24(23)34-2)9-17-4-5-19-6-8-22(32(19)26(17)33)18-11-20(27)25(29)21(28)12-18/h3,7,9-14,19,22H,4-6,8H2,1-2H3/b17-9+/t19-,22+/m1/s1. The van der Waals surface area contributed by atoms with E-state index < -0.39 is 23.5 Å². The average molecular weight is 467 g/mol. The van der Waals surface area contributed by atoms with E-state index in [0.717, 1.165) is 41.9 Å². The van der Waals surface area contributed by atoms with Crippen LogP contribution in [0.5, 0.6) is 5.75 Å². The van der Waals surface area contributed by atoms with Crippen molar-refractivity contribution in [2.75, 3.05) is 7.11 Å². The number of hydrogen-bond donors (Lipinski definition) is 0. The number of aromatic nitrogens is 2. The number of carbonyl (C=O) groups excluding carboxylic acids is 1. The van der Waals surface area contributed by atoms with E-state index in [2.05, 4.69) is 4.98 Å². The highest BCUT2D eigenvalue weighted by Gasteiger charge is 2.42. The molecule has 1 amide bonds. The molecule has 2 aromatic carbocycles. The Morgan fingerprint density at radius 3 is 2.53 bits per heavy atom. The minimum atomic E-state index is -1.49. The summed E-state index contributed by atoms with van der Waals surface area (Å²) in [7, 11) is 1.59. The largest absolute Gasteiger partial charge is 0.495 e. The van der Waals surface area contributed by atoms with E-state index in [1.165, 1.54) is 0 Å². The second-order valence-electron chi connectivity index (χ2n) is 8.82. The van der Waals surface area contributed by atoms with Crippen LogP contribution in [0.3, 0.4) is 0 Å². The van der Waals surface area contributed by atoms with Gasteiger partial charge in [-0.3, -0.25) is 4.79 Å². The summed E-state index contributed by atoms with van der Waals surface area (Å²) < 4.78 is 48.6. The maximum atomic E-state index is 13.9. The molecule has 0 N–H and O–H groups in total. The molecule has 2 aliphatic heterocycles. The van der Waals surface area contributed by atoms with Crippen molar-refractivity contribution in [3.8, 4) is 11.4 Å². The summed E-state index contributed by atoms with van der Waals surface area (Å²) in [6.45, 7) is 1.91. The lowest BCUT2D eigenvalue weighted by Gasteiger charge is -2.35. The van der Waals surface area contributed by atoms with Crippen molar-refractivity contribution in [1.82, 2.24) is 14.5 Å². The molecule has 2 saturated heterocycles. The predicted octanol–water partition coefficient (Wildman–Crippen LogP) is 5.52. The normalized spacial score (nSPS) is 21.3. The first-order valence-corrected chi connectivity index (χ1v) is 11.2. The molecule has 176 valence electrons. The minimum Gasteiger partial charge on any atom is -0.495 e. The maximum absolute atomic E-state index is 13.9. The van der Waals surface area contributed by atoms with Gasteiger partial charge in [0, 0.05) is 17.8 Å². The number of halogens is 3. The Labute approximate surface area is 195 Å². The maximum Gasteiger partial charge on any atom is 0.250 e. The van der Waals surface area contributed by atoms with Crippen molar-refractivity contribution in [3.63, 3.8) is 0 Å². The molecule has 34 heavy (non-hydrogen) atoms. The molecule has 0 bridgehead atoms. The van der Waals surface area contributed by atoms with Gasteiger partial charge in [0.25, 0.3) is 5.91 Å². The third-order valence-electron chi connectivity index (χ3n) is 6.68. The lowest BCUT2D eigenvalue weighted by molar-refractivity contribution is -0.131. The number of rotatable bonds is 4. The van der Waals surface area contributed by atoms with Crippen molar-refractivity contribution in [2.24, 2.45) is 0 Å². The van der Waals surface area contributed by atoms with E-state index in [1.54, 1.807) is 18.3 Å². The van der Waals surface area contributed by atoms with Gasteiger partial charge in [-0.1, -0.05) is 6.07 Å². The number of carbonyl (C=O) groups is 1. The van der Waals surface area contributed by atoms with E-state index in [1.807, 2.05) is 42.0 Å². The van der Waals surface area contributed by atoms with Crippen LogP contribution in [0.4, 0.5) is 13.2 Å². The predicted molar refractivity (Wildman–Crippen MR) is 121 cm³/mol. The zero-order valence-corrected chi connectivity index (χ0v) is 18.9. The first-order chi connectivity index (χ1) is 16.4. The summed E-state index contributed by atoms with van der Waals surface area (Å²) in [5.41, 5.74) is 3.44. The third-order valence-corrected chi connectivity index (χ3v) is 6.68. The molecular weight excluding hydrogens is 443 g/mol. The lowest BCUT2D eigenvalue weighted by Crippen LogP contribution is -2.41.